The Balaban J connectivity index is 1.90. The van der Waals surface area contributed by atoms with Crippen LogP contribution >= 0.6 is 0 Å². The maximum Gasteiger partial charge on any atom is 0.262 e. The van der Waals surface area contributed by atoms with Crippen LogP contribution in [0.4, 0.5) is 15.8 Å². The van der Waals surface area contributed by atoms with Crippen LogP contribution in [0, 0.1) is 12.7 Å². The number of anilines is 2. The molecule has 0 saturated heterocycles. The van der Waals surface area contributed by atoms with E-state index in [1.54, 1.807) is 43.3 Å². The van der Waals surface area contributed by atoms with Crippen molar-refractivity contribution in [3.63, 3.8) is 0 Å². The Morgan fingerprint density at radius 1 is 0.926 bits per heavy atom. The van der Waals surface area contributed by atoms with Gasteiger partial charge in [-0.1, -0.05) is 36.4 Å². The molecule has 0 aliphatic carbocycles. The minimum atomic E-state index is -3.89. The Morgan fingerprint density at radius 2 is 1.59 bits per heavy atom. The molecule has 0 aliphatic heterocycles. The average Bonchev–Trinajstić information content (AvgIpc) is 2.64. The molecule has 0 fully saturated rings. The summed E-state index contributed by atoms with van der Waals surface area (Å²) < 4.78 is 41.6. The summed E-state index contributed by atoms with van der Waals surface area (Å²) in [6.45, 7) is 1.64. The first kappa shape index (κ1) is 18.6. The van der Waals surface area contributed by atoms with Crippen LogP contribution in [0.25, 0.3) is 0 Å². The van der Waals surface area contributed by atoms with Gasteiger partial charge in [-0.05, 0) is 48.9 Å². The van der Waals surface area contributed by atoms with Crippen LogP contribution in [0.1, 0.15) is 15.9 Å². The van der Waals surface area contributed by atoms with Gasteiger partial charge in [0, 0.05) is 11.3 Å². The summed E-state index contributed by atoms with van der Waals surface area (Å²) in [7, 11) is -3.89. The highest BCUT2D eigenvalue weighted by atomic mass is 32.2. The van der Waals surface area contributed by atoms with E-state index in [0.29, 0.717) is 11.3 Å². The number of rotatable bonds is 5. The second-order valence-corrected chi connectivity index (χ2v) is 7.54. The average molecular weight is 384 g/mol. The van der Waals surface area contributed by atoms with Crippen molar-refractivity contribution in [1.29, 1.82) is 0 Å². The zero-order chi connectivity index (χ0) is 19.4. The van der Waals surface area contributed by atoms with Gasteiger partial charge in [0.2, 0.25) is 0 Å². The molecule has 3 aromatic carbocycles. The molecular weight excluding hydrogens is 367 g/mol. The fourth-order valence-electron chi connectivity index (χ4n) is 2.50. The third-order valence-corrected chi connectivity index (χ3v) is 5.41. The van der Waals surface area contributed by atoms with Gasteiger partial charge in [-0.25, -0.2) is 12.8 Å². The van der Waals surface area contributed by atoms with Gasteiger partial charge in [-0.15, -0.1) is 0 Å². The summed E-state index contributed by atoms with van der Waals surface area (Å²) >= 11 is 0. The van der Waals surface area contributed by atoms with Crippen molar-refractivity contribution >= 4 is 27.3 Å². The second kappa shape index (κ2) is 7.59. The zero-order valence-corrected chi connectivity index (χ0v) is 15.3. The van der Waals surface area contributed by atoms with Crippen LogP contribution in [-0.4, -0.2) is 14.3 Å². The molecule has 3 rings (SSSR count). The lowest BCUT2D eigenvalue weighted by Crippen LogP contribution is -2.17. The van der Waals surface area contributed by atoms with Crippen molar-refractivity contribution in [2.24, 2.45) is 0 Å². The summed E-state index contributed by atoms with van der Waals surface area (Å²) in [5.41, 5.74) is 1.03. The third kappa shape index (κ3) is 4.32. The molecule has 7 heteroatoms. The van der Waals surface area contributed by atoms with Crippen molar-refractivity contribution in [2.45, 2.75) is 11.8 Å². The standard InChI is InChI=1S/C20H17FN2O3S/c1-14-11-12-15(20(24)22-18-10-6-5-9-17(18)21)13-19(14)27(25,26)23-16-7-3-2-4-8-16/h2-13,23H,1H3,(H,22,24). The smallest absolute Gasteiger partial charge is 0.262 e. The van der Waals surface area contributed by atoms with E-state index in [0.717, 1.165) is 0 Å². The topological polar surface area (TPSA) is 75.3 Å². The van der Waals surface area contributed by atoms with Crippen LogP contribution in [-0.2, 0) is 10.0 Å². The minimum Gasteiger partial charge on any atom is -0.319 e. The van der Waals surface area contributed by atoms with Crippen LogP contribution in [0.5, 0.6) is 0 Å². The molecule has 5 nitrogen and oxygen atoms in total. The Morgan fingerprint density at radius 3 is 2.30 bits per heavy atom. The van der Waals surface area contributed by atoms with E-state index in [9.17, 15) is 17.6 Å². The number of hydrogen-bond donors (Lipinski definition) is 2. The molecule has 0 saturated carbocycles. The van der Waals surface area contributed by atoms with Gasteiger partial charge >= 0.3 is 0 Å². The number of carbonyl (C=O) groups excluding carboxylic acids is 1. The van der Waals surface area contributed by atoms with Gasteiger partial charge in [0.15, 0.2) is 0 Å². The van der Waals surface area contributed by atoms with Crippen LogP contribution in [0.15, 0.2) is 77.7 Å². The molecule has 0 heterocycles. The number of sulfonamides is 1. The Bertz CT molecular complexity index is 1080. The maximum absolute atomic E-state index is 13.7. The van der Waals surface area contributed by atoms with Crippen LogP contribution in [0.2, 0.25) is 0 Å². The maximum atomic E-state index is 13.7. The van der Waals surface area contributed by atoms with E-state index in [1.165, 1.54) is 36.4 Å². The predicted molar refractivity (Wildman–Crippen MR) is 103 cm³/mol. The van der Waals surface area contributed by atoms with Crippen molar-refractivity contribution in [3.05, 3.63) is 89.7 Å². The van der Waals surface area contributed by atoms with E-state index >= 15 is 0 Å². The molecule has 27 heavy (non-hydrogen) atoms. The van der Waals surface area contributed by atoms with Crippen molar-refractivity contribution in [3.8, 4) is 0 Å². The first-order chi connectivity index (χ1) is 12.9. The molecule has 0 atom stereocenters. The molecule has 138 valence electrons. The summed E-state index contributed by atoms with van der Waals surface area (Å²) in [6, 6.07) is 18.5. The monoisotopic (exact) mass is 384 g/mol. The minimum absolute atomic E-state index is 0.0208. The van der Waals surface area contributed by atoms with Gasteiger partial charge < -0.3 is 5.32 Å². The molecule has 2 N–H and O–H groups in total. The van der Waals surface area contributed by atoms with E-state index in [4.69, 9.17) is 0 Å². The second-order valence-electron chi connectivity index (χ2n) is 5.89. The molecule has 3 aromatic rings. The van der Waals surface area contributed by atoms with Gasteiger partial charge in [-0.3, -0.25) is 9.52 Å². The Kier molecular flexibility index (Phi) is 5.23. The van der Waals surface area contributed by atoms with E-state index in [-0.39, 0.29) is 16.1 Å². The summed E-state index contributed by atoms with van der Waals surface area (Å²) in [5.74, 6) is -1.17. The lowest BCUT2D eigenvalue weighted by Gasteiger charge is -2.12. The van der Waals surface area contributed by atoms with Crippen LogP contribution < -0.4 is 10.0 Å². The number of para-hydroxylation sites is 2. The molecule has 0 aliphatic rings. The molecule has 0 unspecified atom stereocenters. The van der Waals surface area contributed by atoms with Gasteiger partial charge in [0.1, 0.15) is 5.82 Å². The highest BCUT2D eigenvalue weighted by molar-refractivity contribution is 7.92. The fraction of sp³-hybridized carbons (Fsp3) is 0.0500. The van der Waals surface area contributed by atoms with Crippen molar-refractivity contribution < 1.29 is 17.6 Å². The number of halogens is 1. The van der Waals surface area contributed by atoms with Crippen molar-refractivity contribution in [2.75, 3.05) is 10.0 Å². The number of nitrogens with one attached hydrogen (secondary N) is 2. The van der Waals surface area contributed by atoms with E-state index in [2.05, 4.69) is 10.0 Å². The lowest BCUT2D eigenvalue weighted by molar-refractivity contribution is 0.102. The lowest BCUT2D eigenvalue weighted by atomic mass is 10.1. The van der Waals surface area contributed by atoms with E-state index in [1.807, 2.05) is 0 Å². The summed E-state index contributed by atoms with van der Waals surface area (Å²) in [6.07, 6.45) is 0. The highest BCUT2D eigenvalue weighted by Gasteiger charge is 2.19. The number of hydrogen-bond acceptors (Lipinski definition) is 3. The Hall–Kier alpha value is -3.19. The van der Waals surface area contributed by atoms with Crippen molar-refractivity contribution in [1.82, 2.24) is 0 Å². The number of aryl methyl sites for hydroxylation is 1. The molecule has 0 spiro atoms. The van der Waals surface area contributed by atoms with Gasteiger partial charge in [0.25, 0.3) is 15.9 Å². The molecule has 0 bridgehead atoms. The van der Waals surface area contributed by atoms with E-state index < -0.39 is 21.7 Å². The zero-order valence-electron chi connectivity index (χ0n) is 14.4. The largest absolute Gasteiger partial charge is 0.319 e. The fourth-order valence-corrected chi connectivity index (χ4v) is 3.83. The van der Waals surface area contributed by atoms with Gasteiger partial charge in [-0.2, -0.15) is 0 Å². The van der Waals surface area contributed by atoms with Gasteiger partial charge in [0.05, 0.1) is 10.6 Å². The number of benzene rings is 3. The number of amides is 1. The SMILES string of the molecule is Cc1ccc(C(=O)Nc2ccccc2F)cc1S(=O)(=O)Nc1ccccc1. The molecule has 1 amide bonds. The molecule has 0 radical (unpaired) electrons. The normalized spacial score (nSPS) is 11.0. The Labute approximate surface area is 156 Å². The highest BCUT2D eigenvalue weighted by Crippen LogP contribution is 2.22. The number of carbonyl (C=O) groups is 1. The predicted octanol–water partition coefficient (Wildman–Crippen LogP) is 4.19. The van der Waals surface area contributed by atoms with Crippen LogP contribution in [0.3, 0.4) is 0 Å². The summed E-state index contributed by atoms with van der Waals surface area (Å²) in [5, 5.41) is 2.45. The quantitative estimate of drug-likeness (QED) is 0.693. The first-order valence-corrected chi connectivity index (χ1v) is 9.59. The first-order valence-electron chi connectivity index (χ1n) is 8.11. The molecule has 0 aromatic heterocycles. The third-order valence-electron chi connectivity index (χ3n) is 3.89. The molecular formula is C20H17FN2O3S. The summed E-state index contributed by atoms with van der Waals surface area (Å²) in [4.78, 5) is 12.4.